The van der Waals surface area contributed by atoms with E-state index in [1.165, 1.54) is 0 Å². The first-order valence-electron chi connectivity index (χ1n) is 4.69. The number of rotatable bonds is 3. The molecule has 4 N–H and O–H groups in total. The van der Waals surface area contributed by atoms with E-state index in [9.17, 15) is 22.4 Å². The highest BCUT2D eigenvalue weighted by Crippen LogP contribution is 2.32. The van der Waals surface area contributed by atoms with Crippen molar-refractivity contribution in [3.05, 3.63) is 29.6 Å². The van der Waals surface area contributed by atoms with Gasteiger partial charge in [0.1, 0.15) is 11.7 Å². The van der Waals surface area contributed by atoms with Crippen LogP contribution in [0.2, 0.25) is 0 Å². The number of carbonyl (C=O) groups is 1. The van der Waals surface area contributed by atoms with E-state index < -0.39 is 35.7 Å². The van der Waals surface area contributed by atoms with Crippen LogP contribution < -0.4 is 11.1 Å². The first kappa shape index (κ1) is 13.9. The normalized spacial score (nSPS) is 11.1. The lowest BCUT2D eigenvalue weighted by Gasteiger charge is -2.10. The number of nitrogens with two attached hydrogens (primary N) is 1. The van der Waals surface area contributed by atoms with Crippen LogP contribution in [0.15, 0.2) is 18.2 Å². The minimum Gasteiger partial charge on any atom is -0.387 e. The van der Waals surface area contributed by atoms with Crippen LogP contribution >= 0.6 is 0 Å². The van der Waals surface area contributed by atoms with Crippen molar-refractivity contribution in [2.75, 3.05) is 5.32 Å². The van der Waals surface area contributed by atoms with Crippen molar-refractivity contribution in [3.8, 4) is 0 Å². The zero-order valence-electron chi connectivity index (χ0n) is 8.94. The van der Waals surface area contributed by atoms with Crippen molar-refractivity contribution in [1.29, 1.82) is 5.41 Å². The van der Waals surface area contributed by atoms with Crippen molar-refractivity contribution in [2.45, 2.75) is 12.6 Å². The molecule has 0 unspecified atom stereocenters. The van der Waals surface area contributed by atoms with Gasteiger partial charge in [0, 0.05) is 5.69 Å². The van der Waals surface area contributed by atoms with Gasteiger partial charge in [-0.2, -0.15) is 13.2 Å². The smallest absolute Gasteiger partial charge is 0.387 e. The van der Waals surface area contributed by atoms with E-state index in [-0.39, 0.29) is 5.69 Å². The van der Waals surface area contributed by atoms with E-state index in [1.807, 2.05) is 0 Å². The van der Waals surface area contributed by atoms with Crippen LogP contribution in [0, 0.1) is 11.2 Å². The Morgan fingerprint density at radius 2 is 2.00 bits per heavy atom. The molecule has 8 heteroatoms. The molecule has 0 aromatic heterocycles. The summed E-state index contributed by atoms with van der Waals surface area (Å²) in [7, 11) is 0. The Kier molecular flexibility index (Phi) is 3.89. The SMILES string of the molecule is N=C(N)CC(=O)Nc1ccc(F)c(C(F)(F)F)c1. The van der Waals surface area contributed by atoms with Gasteiger partial charge in [-0.3, -0.25) is 10.2 Å². The Morgan fingerprint density at radius 3 is 2.50 bits per heavy atom. The minimum atomic E-state index is -4.84. The zero-order valence-corrected chi connectivity index (χ0v) is 8.94. The molecule has 0 aliphatic carbocycles. The number of amidine groups is 1. The molecule has 0 aliphatic rings. The highest BCUT2D eigenvalue weighted by molar-refractivity contribution is 6.03. The number of hydrogen-bond acceptors (Lipinski definition) is 2. The van der Waals surface area contributed by atoms with E-state index in [2.05, 4.69) is 5.32 Å². The molecule has 0 aliphatic heterocycles. The molecule has 0 spiro atoms. The molecule has 0 bridgehead atoms. The molecular formula is C10H9F4N3O. The fourth-order valence-electron chi connectivity index (χ4n) is 1.20. The summed E-state index contributed by atoms with van der Waals surface area (Å²) in [5.41, 5.74) is 3.27. The second kappa shape index (κ2) is 5.03. The van der Waals surface area contributed by atoms with Crippen LogP contribution in [0.25, 0.3) is 0 Å². The van der Waals surface area contributed by atoms with E-state index in [1.54, 1.807) is 0 Å². The molecule has 98 valence electrons. The monoisotopic (exact) mass is 263 g/mol. The first-order chi connectivity index (χ1) is 8.20. The summed E-state index contributed by atoms with van der Waals surface area (Å²) in [4.78, 5) is 11.2. The van der Waals surface area contributed by atoms with Gasteiger partial charge in [0.15, 0.2) is 0 Å². The summed E-state index contributed by atoms with van der Waals surface area (Å²) in [6.45, 7) is 0. The van der Waals surface area contributed by atoms with Gasteiger partial charge in [0.05, 0.1) is 12.0 Å². The van der Waals surface area contributed by atoms with Gasteiger partial charge in [-0.25, -0.2) is 4.39 Å². The number of anilines is 1. The van der Waals surface area contributed by atoms with Crippen LogP contribution in [-0.4, -0.2) is 11.7 Å². The Labute approximate surface area is 99.3 Å². The highest BCUT2D eigenvalue weighted by Gasteiger charge is 2.34. The summed E-state index contributed by atoms with van der Waals surface area (Å²) >= 11 is 0. The van der Waals surface area contributed by atoms with E-state index in [4.69, 9.17) is 11.1 Å². The Balaban J connectivity index is 2.92. The molecule has 1 amide bonds. The number of benzene rings is 1. The lowest BCUT2D eigenvalue weighted by molar-refractivity contribution is -0.140. The van der Waals surface area contributed by atoms with Gasteiger partial charge in [-0.15, -0.1) is 0 Å². The highest BCUT2D eigenvalue weighted by atomic mass is 19.4. The predicted octanol–water partition coefficient (Wildman–Crippen LogP) is 2.11. The zero-order chi connectivity index (χ0) is 13.9. The Hall–Kier alpha value is -2.12. The van der Waals surface area contributed by atoms with Crippen molar-refractivity contribution in [1.82, 2.24) is 0 Å². The summed E-state index contributed by atoms with van der Waals surface area (Å²) in [6.07, 6.45) is -5.29. The number of alkyl halides is 3. The average molecular weight is 263 g/mol. The van der Waals surface area contributed by atoms with Gasteiger partial charge in [0.2, 0.25) is 5.91 Å². The topological polar surface area (TPSA) is 79.0 Å². The number of carbonyl (C=O) groups excluding carboxylic acids is 1. The molecule has 0 fully saturated rings. The molecule has 4 nitrogen and oxygen atoms in total. The van der Waals surface area contributed by atoms with Crippen molar-refractivity contribution >= 4 is 17.4 Å². The molecule has 18 heavy (non-hydrogen) atoms. The summed E-state index contributed by atoms with van der Waals surface area (Å²) < 4.78 is 50.0. The standard InChI is InChI=1S/C10H9F4N3O/c11-7-2-1-5(3-6(7)10(12,13)14)17-9(18)4-8(15)16/h1-3H,4H2,(H3,15,16)(H,17,18). The predicted molar refractivity (Wildman–Crippen MR) is 56.6 cm³/mol. The van der Waals surface area contributed by atoms with Gasteiger partial charge in [-0.1, -0.05) is 0 Å². The third-order valence-electron chi connectivity index (χ3n) is 1.91. The first-order valence-corrected chi connectivity index (χ1v) is 4.69. The molecule has 1 aromatic carbocycles. The van der Waals surface area contributed by atoms with Crippen LogP contribution in [0.3, 0.4) is 0 Å². The number of halogens is 4. The molecule has 1 aromatic rings. The Morgan fingerprint density at radius 1 is 1.39 bits per heavy atom. The quantitative estimate of drug-likeness (QED) is 0.443. The third-order valence-corrected chi connectivity index (χ3v) is 1.91. The molecule has 0 heterocycles. The third kappa shape index (κ3) is 3.72. The maximum Gasteiger partial charge on any atom is 0.419 e. The van der Waals surface area contributed by atoms with Crippen LogP contribution in [0.1, 0.15) is 12.0 Å². The molecule has 0 radical (unpaired) electrons. The summed E-state index contributed by atoms with van der Waals surface area (Å²) in [6, 6.07) is 2.07. The molecule has 0 saturated carbocycles. The maximum absolute atomic E-state index is 12.9. The van der Waals surface area contributed by atoms with Gasteiger partial charge >= 0.3 is 6.18 Å². The van der Waals surface area contributed by atoms with E-state index in [0.29, 0.717) is 12.1 Å². The number of hydrogen-bond donors (Lipinski definition) is 3. The molecule has 0 atom stereocenters. The second-order valence-corrected chi connectivity index (χ2v) is 3.44. The van der Waals surface area contributed by atoms with Crippen molar-refractivity contribution in [3.63, 3.8) is 0 Å². The van der Waals surface area contributed by atoms with Crippen LogP contribution in [0.4, 0.5) is 23.2 Å². The summed E-state index contributed by atoms with van der Waals surface area (Å²) in [5.74, 6) is -2.60. The van der Waals surface area contributed by atoms with Crippen LogP contribution in [-0.2, 0) is 11.0 Å². The van der Waals surface area contributed by atoms with Crippen molar-refractivity contribution < 1.29 is 22.4 Å². The average Bonchev–Trinajstić information content (AvgIpc) is 2.17. The molecule has 0 saturated heterocycles. The fourth-order valence-corrected chi connectivity index (χ4v) is 1.20. The van der Waals surface area contributed by atoms with Gasteiger partial charge in [0.25, 0.3) is 0 Å². The number of nitrogens with one attached hydrogen (secondary N) is 2. The van der Waals surface area contributed by atoms with Crippen molar-refractivity contribution in [2.24, 2.45) is 5.73 Å². The van der Waals surface area contributed by atoms with Gasteiger partial charge in [-0.05, 0) is 18.2 Å². The fraction of sp³-hybridized carbons (Fsp3) is 0.200. The van der Waals surface area contributed by atoms with E-state index >= 15 is 0 Å². The lowest BCUT2D eigenvalue weighted by Crippen LogP contribution is -2.21. The molecular weight excluding hydrogens is 254 g/mol. The van der Waals surface area contributed by atoms with E-state index in [0.717, 1.165) is 6.07 Å². The minimum absolute atomic E-state index is 0.213. The second-order valence-electron chi connectivity index (χ2n) is 3.44. The Bertz CT molecular complexity index is 485. The summed E-state index contributed by atoms with van der Waals surface area (Å²) in [5, 5.41) is 8.93. The molecule has 1 rings (SSSR count). The maximum atomic E-state index is 12.9. The lowest BCUT2D eigenvalue weighted by atomic mass is 10.1. The van der Waals surface area contributed by atoms with Crippen LogP contribution in [0.5, 0.6) is 0 Å². The van der Waals surface area contributed by atoms with Gasteiger partial charge < -0.3 is 11.1 Å². The largest absolute Gasteiger partial charge is 0.419 e. The number of amides is 1.